The standard InChI is InChI=1S/C15H12F2N2O2S/c1-20-12-4-10(17)11(18)5-13(12)21-6-8-2-3-9(16)15-14(8)19-7-22-15/h2-5,7H,6,18H2,1H3. The minimum absolute atomic E-state index is 0.0336. The molecule has 1 heterocycles. The van der Waals surface area contributed by atoms with Crippen LogP contribution in [0.25, 0.3) is 10.2 Å². The van der Waals surface area contributed by atoms with Gasteiger partial charge in [-0.3, -0.25) is 0 Å². The highest BCUT2D eigenvalue weighted by Gasteiger charge is 2.13. The molecule has 0 radical (unpaired) electrons. The minimum atomic E-state index is -0.576. The molecule has 0 unspecified atom stereocenters. The summed E-state index contributed by atoms with van der Waals surface area (Å²) in [5.41, 5.74) is 8.36. The number of halogens is 2. The van der Waals surface area contributed by atoms with Crippen molar-refractivity contribution in [2.45, 2.75) is 6.61 Å². The maximum absolute atomic E-state index is 13.6. The Hall–Kier alpha value is -2.41. The van der Waals surface area contributed by atoms with Crippen LogP contribution < -0.4 is 15.2 Å². The molecule has 0 amide bonds. The monoisotopic (exact) mass is 322 g/mol. The number of rotatable bonds is 4. The predicted octanol–water partition coefficient (Wildman–Crippen LogP) is 3.74. The summed E-state index contributed by atoms with van der Waals surface area (Å²) >= 11 is 1.23. The Balaban J connectivity index is 1.90. The zero-order chi connectivity index (χ0) is 15.7. The van der Waals surface area contributed by atoms with Gasteiger partial charge >= 0.3 is 0 Å². The van der Waals surface area contributed by atoms with E-state index in [0.717, 1.165) is 11.6 Å². The van der Waals surface area contributed by atoms with Gasteiger partial charge < -0.3 is 15.2 Å². The Morgan fingerprint density at radius 3 is 2.77 bits per heavy atom. The van der Waals surface area contributed by atoms with E-state index in [1.54, 1.807) is 11.6 Å². The summed E-state index contributed by atoms with van der Waals surface area (Å²) in [5.74, 6) is -0.338. The summed E-state index contributed by atoms with van der Waals surface area (Å²) in [4.78, 5) is 4.15. The average molecular weight is 322 g/mol. The van der Waals surface area contributed by atoms with E-state index in [1.807, 2.05) is 0 Å². The third kappa shape index (κ3) is 2.55. The molecule has 4 nitrogen and oxygen atoms in total. The van der Waals surface area contributed by atoms with Crippen molar-refractivity contribution in [3.8, 4) is 11.5 Å². The minimum Gasteiger partial charge on any atom is -0.493 e. The van der Waals surface area contributed by atoms with Crippen molar-refractivity contribution in [1.82, 2.24) is 4.98 Å². The van der Waals surface area contributed by atoms with Crippen LogP contribution in [-0.4, -0.2) is 12.1 Å². The van der Waals surface area contributed by atoms with Crippen molar-refractivity contribution < 1.29 is 18.3 Å². The number of nitrogens with two attached hydrogens (primary N) is 1. The number of hydrogen-bond acceptors (Lipinski definition) is 5. The molecule has 3 rings (SSSR count). The molecular weight excluding hydrogens is 310 g/mol. The quantitative estimate of drug-likeness (QED) is 0.743. The van der Waals surface area contributed by atoms with E-state index in [2.05, 4.69) is 4.98 Å². The second-order valence-corrected chi connectivity index (χ2v) is 5.40. The molecule has 0 aliphatic heterocycles. The van der Waals surface area contributed by atoms with Crippen LogP contribution in [0.2, 0.25) is 0 Å². The van der Waals surface area contributed by atoms with Gasteiger partial charge in [0.15, 0.2) is 11.5 Å². The Kier molecular flexibility index (Phi) is 3.81. The maximum atomic E-state index is 13.6. The van der Waals surface area contributed by atoms with Gasteiger partial charge in [0, 0.05) is 17.7 Å². The molecular formula is C15H12F2N2O2S. The van der Waals surface area contributed by atoms with Crippen LogP contribution >= 0.6 is 11.3 Å². The van der Waals surface area contributed by atoms with E-state index >= 15 is 0 Å². The molecule has 0 spiro atoms. The van der Waals surface area contributed by atoms with Gasteiger partial charge in [0.25, 0.3) is 0 Å². The van der Waals surface area contributed by atoms with Crippen LogP contribution in [-0.2, 0) is 6.61 Å². The molecule has 0 aliphatic carbocycles. The van der Waals surface area contributed by atoms with Crippen molar-refractivity contribution in [3.05, 3.63) is 47.0 Å². The molecule has 0 saturated heterocycles. The topological polar surface area (TPSA) is 57.4 Å². The molecule has 0 atom stereocenters. The number of anilines is 1. The smallest absolute Gasteiger partial charge is 0.163 e. The summed E-state index contributed by atoms with van der Waals surface area (Å²) < 4.78 is 38.2. The van der Waals surface area contributed by atoms with Gasteiger partial charge in [-0.15, -0.1) is 11.3 Å². The number of nitrogens with zero attached hydrogens (tertiary/aromatic N) is 1. The summed E-state index contributed by atoms with van der Waals surface area (Å²) in [6, 6.07) is 5.50. The lowest BCUT2D eigenvalue weighted by molar-refractivity contribution is 0.284. The first-order valence-electron chi connectivity index (χ1n) is 6.36. The van der Waals surface area contributed by atoms with Crippen LogP contribution in [0.15, 0.2) is 29.8 Å². The van der Waals surface area contributed by atoms with Crippen molar-refractivity contribution in [1.29, 1.82) is 0 Å². The van der Waals surface area contributed by atoms with Crippen molar-refractivity contribution in [2.24, 2.45) is 0 Å². The van der Waals surface area contributed by atoms with Gasteiger partial charge in [-0.2, -0.15) is 0 Å². The zero-order valence-electron chi connectivity index (χ0n) is 11.6. The molecule has 22 heavy (non-hydrogen) atoms. The number of thiazole rings is 1. The van der Waals surface area contributed by atoms with Crippen molar-refractivity contribution in [2.75, 3.05) is 12.8 Å². The lowest BCUT2D eigenvalue weighted by Gasteiger charge is -2.12. The molecule has 1 aromatic heterocycles. The van der Waals surface area contributed by atoms with Gasteiger partial charge in [0.05, 0.1) is 28.5 Å². The first kappa shape index (κ1) is 14.5. The van der Waals surface area contributed by atoms with Crippen LogP contribution in [0.4, 0.5) is 14.5 Å². The second kappa shape index (κ2) is 5.76. The normalized spacial score (nSPS) is 10.9. The summed E-state index contributed by atoms with van der Waals surface area (Å²) in [6.45, 7) is 0.141. The molecule has 2 aromatic carbocycles. The fourth-order valence-electron chi connectivity index (χ4n) is 2.07. The Bertz CT molecular complexity index is 836. The second-order valence-electron chi connectivity index (χ2n) is 4.55. The van der Waals surface area contributed by atoms with E-state index in [0.29, 0.717) is 16.0 Å². The molecule has 0 fully saturated rings. The lowest BCUT2D eigenvalue weighted by atomic mass is 10.2. The Morgan fingerprint density at radius 1 is 1.18 bits per heavy atom. The average Bonchev–Trinajstić information content (AvgIpc) is 3.00. The Labute approximate surface area is 129 Å². The molecule has 114 valence electrons. The number of benzene rings is 2. The summed E-state index contributed by atoms with van der Waals surface area (Å²) in [5, 5.41) is 0. The maximum Gasteiger partial charge on any atom is 0.163 e. The van der Waals surface area contributed by atoms with E-state index in [1.165, 1.54) is 30.6 Å². The molecule has 7 heteroatoms. The highest BCUT2D eigenvalue weighted by Crippen LogP contribution is 2.33. The van der Waals surface area contributed by atoms with E-state index in [9.17, 15) is 8.78 Å². The van der Waals surface area contributed by atoms with Crippen LogP contribution in [0, 0.1) is 11.6 Å². The third-order valence-corrected chi connectivity index (χ3v) is 4.02. The molecule has 0 bridgehead atoms. The molecule has 0 aliphatic rings. The molecule has 2 N–H and O–H groups in total. The van der Waals surface area contributed by atoms with Gasteiger partial charge in [0.2, 0.25) is 0 Å². The number of hydrogen-bond donors (Lipinski definition) is 1. The number of methoxy groups -OCH3 is 1. The highest BCUT2D eigenvalue weighted by atomic mass is 32.1. The lowest BCUT2D eigenvalue weighted by Crippen LogP contribution is -2.01. The number of aromatic nitrogens is 1. The van der Waals surface area contributed by atoms with E-state index in [4.69, 9.17) is 15.2 Å². The fourth-order valence-corrected chi connectivity index (χ4v) is 2.81. The van der Waals surface area contributed by atoms with Gasteiger partial charge in [-0.1, -0.05) is 6.07 Å². The zero-order valence-corrected chi connectivity index (χ0v) is 12.4. The van der Waals surface area contributed by atoms with Crippen molar-refractivity contribution >= 4 is 27.2 Å². The van der Waals surface area contributed by atoms with Gasteiger partial charge in [-0.05, 0) is 6.07 Å². The largest absolute Gasteiger partial charge is 0.493 e. The number of ether oxygens (including phenoxy) is 2. The van der Waals surface area contributed by atoms with Crippen molar-refractivity contribution in [3.63, 3.8) is 0 Å². The number of nitrogen functional groups attached to an aromatic ring is 1. The highest BCUT2D eigenvalue weighted by molar-refractivity contribution is 7.16. The molecule has 3 aromatic rings. The van der Waals surface area contributed by atoms with Gasteiger partial charge in [-0.25, -0.2) is 13.8 Å². The predicted molar refractivity (Wildman–Crippen MR) is 81.3 cm³/mol. The van der Waals surface area contributed by atoms with Crippen LogP contribution in [0.3, 0.4) is 0 Å². The third-order valence-electron chi connectivity index (χ3n) is 3.19. The fraction of sp³-hybridized carbons (Fsp3) is 0.133. The first-order chi connectivity index (χ1) is 10.6. The van der Waals surface area contributed by atoms with Crippen LogP contribution in [0.1, 0.15) is 5.56 Å². The van der Waals surface area contributed by atoms with E-state index in [-0.39, 0.29) is 23.9 Å². The Morgan fingerprint density at radius 2 is 2.00 bits per heavy atom. The van der Waals surface area contributed by atoms with Gasteiger partial charge in [0.1, 0.15) is 18.2 Å². The SMILES string of the molecule is COc1cc(F)c(N)cc1OCc1ccc(F)c2scnc12. The van der Waals surface area contributed by atoms with Crippen LogP contribution in [0.5, 0.6) is 11.5 Å². The van der Waals surface area contributed by atoms with E-state index < -0.39 is 5.82 Å². The summed E-state index contributed by atoms with van der Waals surface area (Å²) in [7, 11) is 1.41. The molecule has 0 saturated carbocycles. The summed E-state index contributed by atoms with van der Waals surface area (Å²) in [6.07, 6.45) is 0. The first-order valence-corrected chi connectivity index (χ1v) is 7.24. The number of fused-ring (bicyclic) bond motifs is 1.